The smallest absolute Gasteiger partial charge is 0.267 e. The van der Waals surface area contributed by atoms with Gasteiger partial charge in [-0.3, -0.25) is 9.59 Å². The van der Waals surface area contributed by atoms with Crippen LogP contribution in [0.4, 0.5) is 5.69 Å². The van der Waals surface area contributed by atoms with Crippen LogP contribution in [-0.4, -0.2) is 59.8 Å². The number of likely N-dealkylation sites (N-methyl/N-ethyl adjacent to an activating group) is 1. The van der Waals surface area contributed by atoms with Gasteiger partial charge < -0.3 is 19.9 Å². The Hall–Kier alpha value is -4.01. The van der Waals surface area contributed by atoms with Crippen molar-refractivity contribution in [2.75, 3.05) is 38.5 Å². The van der Waals surface area contributed by atoms with E-state index in [0.29, 0.717) is 21.9 Å². The second-order valence-corrected chi connectivity index (χ2v) is 9.63. The van der Waals surface area contributed by atoms with Crippen LogP contribution >= 0.6 is 11.3 Å². The monoisotopic (exact) mass is 498 g/mol. The predicted octanol–water partition coefficient (Wildman–Crippen LogP) is 5.24. The summed E-state index contributed by atoms with van der Waals surface area (Å²) in [6.07, 6.45) is 1.57. The van der Waals surface area contributed by atoms with Crippen molar-refractivity contribution in [3.8, 4) is 22.1 Å². The summed E-state index contributed by atoms with van der Waals surface area (Å²) in [5, 5.41) is 3.63. The Balaban J connectivity index is 1.19. The lowest BCUT2D eigenvalue weighted by Crippen LogP contribution is -2.47. The summed E-state index contributed by atoms with van der Waals surface area (Å²) in [7, 11) is 2.07. The highest BCUT2D eigenvalue weighted by molar-refractivity contribution is 7.17. The normalized spacial score (nSPS) is 13.9. The molecular formula is C28H26N4O3S. The Morgan fingerprint density at radius 3 is 2.22 bits per heavy atom. The van der Waals surface area contributed by atoms with Crippen molar-refractivity contribution in [2.45, 2.75) is 0 Å². The second-order valence-electron chi connectivity index (χ2n) is 8.60. The van der Waals surface area contributed by atoms with Gasteiger partial charge in [0.25, 0.3) is 11.8 Å². The van der Waals surface area contributed by atoms with Gasteiger partial charge in [-0.2, -0.15) is 0 Å². The van der Waals surface area contributed by atoms with Gasteiger partial charge in [-0.05, 0) is 55.6 Å². The molecule has 0 aliphatic carbocycles. The van der Waals surface area contributed by atoms with Gasteiger partial charge in [0.1, 0.15) is 21.4 Å². The number of amides is 2. The van der Waals surface area contributed by atoms with E-state index in [1.165, 1.54) is 11.3 Å². The van der Waals surface area contributed by atoms with E-state index in [1.54, 1.807) is 18.3 Å². The Kier molecular flexibility index (Phi) is 7.06. The molecule has 0 bridgehead atoms. The number of rotatable bonds is 6. The summed E-state index contributed by atoms with van der Waals surface area (Å²) in [6.45, 7) is 3.26. The molecule has 1 fully saturated rings. The first-order valence-corrected chi connectivity index (χ1v) is 12.6. The number of hydrogen-bond donors (Lipinski definition) is 1. The van der Waals surface area contributed by atoms with Crippen LogP contribution in [0.25, 0.3) is 10.6 Å². The molecule has 0 radical (unpaired) electrons. The van der Waals surface area contributed by atoms with E-state index >= 15 is 0 Å². The quantitative estimate of drug-likeness (QED) is 0.393. The molecule has 2 amide bonds. The molecule has 1 aliphatic rings. The molecule has 0 unspecified atom stereocenters. The average Bonchev–Trinajstić information content (AvgIpc) is 3.41. The highest BCUT2D eigenvalue weighted by Crippen LogP contribution is 2.27. The molecule has 4 aromatic rings. The zero-order chi connectivity index (χ0) is 24.9. The average molecular weight is 499 g/mol. The lowest BCUT2D eigenvalue weighted by atomic mass is 10.1. The second kappa shape index (κ2) is 10.7. The van der Waals surface area contributed by atoms with E-state index < -0.39 is 0 Å². The molecule has 182 valence electrons. The van der Waals surface area contributed by atoms with Gasteiger partial charge in [-0.1, -0.05) is 30.3 Å². The first-order chi connectivity index (χ1) is 17.5. The van der Waals surface area contributed by atoms with E-state index in [2.05, 4.69) is 22.2 Å². The molecule has 7 nitrogen and oxygen atoms in total. The largest absolute Gasteiger partial charge is 0.457 e. The highest BCUT2D eigenvalue weighted by atomic mass is 32.1. The number of ether oxygens (including phenoxy) is 1. The first-order valence-electron chi connectivity index (χ1n) is 11.7. The van der Waals surface area contributed by atoms with Crippen molar-refractivity contribution in [3.63, 3.8) is 0 Å². The third-order valence-electron chi connectivity index (χ3n) is 5.99. The summed E-state index contributed by atoms with van der Waals surface area (Å²) in [4.78, 5) is 34.6. The number of nitrogens with zero attached hydrogens (tertiary/aromatic N) is 3. The fourth-order valence-corrected chi connectivity index (χ4v) is 4.70. The Morgan fingerprint density at radius 2 is 1.53 bits per heavy atom. The van der Waals surface area contributed by atoms with Crippen LogP contribution < -0.4 is 10.1 Å². The number of piperazine rings is 1. The van der Waals surface area contributed by atoms with E-state index in [0.717, 1.165) is 42.5 Å². The van der Waals surface area contributed by atoms with E-state index in [4.69, 9.17) is 4.74 Å². The van der Waals surface area contributed by atoms with Crippen molar-refractivity contribution >= 4 is 28.8 Å². The highest BCUT2D eigenvalue weighted by Gasteiger charge is 2.20. The standard InChI is InChI=1S/C28H26N4O3S/c1-31-15-17-32(18-16-31)28(34)21-9-7-20(8-10-21)27-29-19-25(36-27)26(33)30-22-11-13-24(14-12-22)35-23-5-3-2-4-6-23/h2-14,19H,15-18H2,1H3,(H,30,33). The maximum Gasteiger partial charge on any atom is 0.267 e. The van der Waals surface area contributed by atoms with Gasteiger partial charge in [0.05, 0.1) is 6.20 Å². The summed E-state index contributed by atoms with van der Waals surface area (Å²) >= 11 is 1.31. The summed E-state index contributed by atoms with van der Waals surface area (Å²) in [6, 6.07) is 24.2. The third kappa shape index (κ3) is 5.62. The lowest BCUT2D eigenvalue weighted by molar-refractivity contribution is 0.0664. The minimum Gasteiger partial charge on any atom is -0.457 e. The number of thiazole rings is 1. The van der Waals surface area contributed by atoms with Gasteiger partial charge in [0, 0.05) is 43.0 Å². The topological polar surface area (TPSA) is 74.8 Å². The molecule has 1 aliphatic heterocycles. The maximum atomic E-state index is 12.8. The maximum absolute atomic E-state index is 12.8. The molecule has 36 heavy (non-hydrogen) atoms. The molecule has 5 rings (SSSR count). The van der Waals surface area contributed by atoms with Crippen molar-refractivity contribution in [2.24, 2.45) is 0 Å². The molecule has 1 N–H and O–H groups in total. The molecule has 0 spiro atoms. The van der Waals surface area contributed by atoms with Crippen LogP contribution in [0.3, 0.4) is 0 Å². The molecule has 1 aromatic heterocycles. The number of benzene rings is 3. The van der Waals surface area contributed by atoms with E-state index in [1.807, 2.05) is 71.6 Å². The SMILES string of the molecule is CN1CCN(C(=O)c2ccc(-c3ncc(C(=O)Nc4ccc(Oc5ccccc5)cc4)s3)cc2)CC1. The van der Waals surface area contributed by atoms with E-state index in [9.17, 15) is 9.59 Å². The molecule has 2 heterocycles. The molecule has 1 saturated heterocycles. The van der Waals surface area contributed by atoms with Crippen molar-refractivity contribution in [3.05, 3.63) is 95.5 Å². The lowest BCUT2D eigenvalue weighted by Gasteiger charge is -2.32. The Labute approximate surface area is 214 Å². The molecule has 3 aromatic carbocycles. The zero-order valence-electron chi connectivity index (χ0n) is 19.9. The number of anilines is 1. The minimum atomic E-state index is -0.225. The summed E-state index contributed by atoms with van der Waals surface area (Å²) in [5.41, 5.74) is 2.20. The number of carbonyl (C=O) groups excluding carboxylic acids is 2. The van der Waals surface area contributed by atoms with Crippen LogP contribution in [0.1, 0.15) is 20.0 Å². The number of nitrogens with one attached hydrogen (secondary N) is 1. The Morgan fingerprint density at radius 1 is 0.861 bits per heavy atom. The van der Waals surface area contributed by atoms with Crippen LogP contribution in [0, 0.1) is 0 Å². The minimum absolute atomic E-state index is 0.0500. The van der Waals surface area contributed by atoms with Gasteiger partial charge in [0.15, 0.2) is 0 Å². The van der Waals surface area contributed by atoms with Crippen LogP contribution in [0.2, 0.25) is 0 Å². The van der Waals surface area contributed by atoms with Crippen molar-refractivity contribution < 1.29 is 14.3 Å². The number of carbonyl (C=O) groups is 2. The van der Waals surface area contributed by atoms with Crippen molar-refractivity contribution in [1.29, 1.82) is 0 Å². The van der Waals surface area contributed by atoms with Crippen LogP contribution in [-0.2, 0) is 0 Å². The summed E-state index contributed by atoms with van der Waals surface area (Å²) in [5.74, 6) is 1.27. The number of hydrogen-bond acceptors (Lipinski definition) is 6. The first kappa shape index (κ1) is 23.7. The Bertz CT molecular complexity index is 1330. The molecule has 0 atom stereocenters. The van der Waals surface area contributed by atoms with E-state index in [-0.39, 0.29) is 11.8 Å². The fraction of sp³-hybridized carbons (Fsp3) is 0.179. The zero-order valence-corrected chi connectivity index (χ0v) is 20.7. The van der Waals surface area contributed by atoms with Crippen LogP contribution in [0.15, 0.2) is 85.1 Å². The van der Waals surface area contributed by atoms with Gasteiger partial charge in [-0.15, -0.1) is 11.3 Å². The third-order valence-corrected chi connectivity index (χ3v) is 7.04. The van der Waals surface area contributed by atoms with Gasteiger partial charge in [0.2, 0.25) is 0 Å². The molecule has 0 saturated carbocycles. The van der Waals surface area contributed by atoms with Crippen LogP contribution in [0.5, 0.6) is 11.5 Å². The predicted molar refractivity (Wildman–Crippen MR) is 142 cm³/mol. The molecule has 8 heteroatoms. The number of aromatic nitrogens is 1. The van der Waals surface area contributed by atoms with Crippen molar-refractivity contribution in [1.82, 2.24) is 14.8 Å². The molecular weight excluding hydrogens is 472 g/mol. The summed E-state index contributed by atoms with van der Waals surface area (Å²) < 4.78 is 5.79. The van der Waals surface area contributed by atoms with Gasteiger partial charge >= 0.3 is 0 Å². The fourth-order valence-electron chi connectivity index (χ4n) is 3.88. The van der Waals surface area contributed by atoms with Gasteiger partial charge in [-0.25, -0.2) is 4.98 Å². The number of para-hydroxylation sites is 1.